The van der Waals surface area contributed by atoms with Crippen LogP contribution in [0.3, 0.4) is 0 Å². The molecule has 1 aliphatic rings. The van der Waals surface area contributed by atoms with E-state index < -0.39 is 0 Å². The molecule has 3 rings (SSSR count). The molecule has 1 saturated heterocycles. The first-order chi connectivity index (χ1) is 8.75. The molecule has 1 fully saturated rings. The third kappa shape index (κ3) is 2.08. The molecule has 1 atom stereocenters. The van der Waals surface area contributed by atoms with Crippen molar-refractivity contribution in [3.8, 4) is 0 Å². The predicted molar refractivity (Wildman–Crippen MR) is 74.4 cm³/mol. The molecular formula is C13H17N3OS. The zero-order valence-corrected chi connectivity index (χ0v) is 11.5. The summed E-state index contributed by atoms with van der Waals surface area (Å²) >= 11 is 1.73. The van der Waals surface area contributed by atoms with E-state index in [1.807, 2.05) is 0 Å². The molecule has 0 amide bonds. The highest BCUT2D eigenvalue weighted by Crippen LogP contribution is 2.32. The van der Waals surface area contributed by atoms with Crippen molar-refractivity contribution in [3.63, 3.8) is 0 Å². The second-order valence-corrected chi connectivity index (χ2v) is 5.90. The smallest absolute Gasteiger partial charge is 0.138 e. The predicted octanol–water partition coefficient (Wildman–Crippen LogP) is 2.90. The van der Waals surface area contributed by atoms with E-state index in [4.69, 9.17) is 4.74 Å². The van der Waals surface area contributed by atoms with Crippen molar-refractivity contribution in [2.24, 2.45) is 0 Å². The maximum Gasteiger partial charge on any atom is 0.138 e. The second-order valence-electron chi connectivity index (χ2n) is 4.70. The van der Waals surface area contributed by atoms with Crippen molar-refractivity contribution in [1.82, 2.24) is 9.97 Å². The molecule has 0 radical (unpaired) electrons. The van der Waals surface area contributed by atoms with Gasteiger partial charge in [0.25, 0.3) is 0 Å². The number of fused-ring (bicyclic) bond motifs is 1. The summed E-state index contributed by atoms with van der Waals surface area (Å²) < 4.78 is 5.62. The lowest BCUT2D eigenvalue weighted by atomic mass is 10.2. The third-order valence-electron chi connectivity index (χ3n) is 3.49. The molecule has 18 heavy (non-hydrogen) atoms. The largest absolute Gasteiger partial charge is 0.376 e. The van der Waals surface area contributed by atoms with Gasteiger partial charge in [0.05, 0.1) is 11.5 Å². The van der Waals surface area contributed by atoms with Gasteiger partial charge in [-0.15, -0.1) is 11.3 Å². The summed E-state index contributed by atoms with van der Waals surface area (Å²) in [6.07, 6.45) is 4.27. The highest BCUT2D eigenvalue weighted by molar-refractivity contribution is 7.18. The molecule has 0 spiro atoms. The van der Waals surface area contributed by atoms with Gasteiger partial charge >= 0.3 is 0 Å². The molecule has 2 aromatic rings. The number of hydrogen-bond acceptors (Lipinski definition) is 5. The van der Waals surface area contributed by atoms with Crippen LogP contribution in [-0.2, 0) is 4.74 Å². The summed E-state index contributed by atoms with van der Waals surface area (Å²) in [5, 5.41) is 4.58. The van der Waals surface area contributed by atoms with Crippen LogP contribution < -0.4 is 5.32 Å². The standard InChI is InChI=1S/C13H17N3OS/c1-8-9(2)18-13-11(8)12(15-7-16-13)14-6-10-4-3-5-17-10/h7,10H,3-6H2,1-2H3,(H,14,15,16)/t10-/m0/s1. The Bertz CT molecular complexity index is 561. The average Bonchev–Trinajstić information content (AvgIpc) is 2.97. The minimum Gasteiger partial charge on any atom is -0.376 e. The highest BCUT2D eigenvalue weighted by atomic mass is 32.1. The van der Waals surface area contributed by atoms with E-state index in [1.54, 1.807) is 17.7 Å². The van der Waals surface area contributed by atoms with Crippen molar-refractivity contribution in [1.29, 1.82) is 0 Å². The molecule has 96 valence electrons. The van der Waals surface area contributed by atoms with Gasteiger partial charge < -0.3 is 10.1 Å². The van der Waals surface area contributed by atoms with Gasteiger partial charge in [0, 0.05) is 18.0 Å². The normalized spacial score (nSPS) is 19.6. The van der Waals surface area contributed by atoms with E-state index in [-0.39, 0.29) is 0 Å². The number of aromatic nitrogens is 2. The van der Waals surface area contributed by atoms with Crippen LogP contribution in [0.2, 0.25) is 0 Å². The summed E-state index contributed by atoms with van der Waals surface area (Å²) in [5.41, 5.74) is 1.28. The van der Waals surface area contributed by atoms with Gasteiger partial charge in [-0.05, 0) is 32.3 Å². The summed E-state index contributed by atoms with van der Waals surface area (Å²) in [4.78, 5) is 11.1. The first-order valence-electron chi connectivity index (χ1n) is 6.32. The van der Waals surface area contributed by atoms with Crippen LogP contribution in [0.25, 0.3) is 10.2 Å². The number of rotatable bonds is 3. The van der Waals surface area contributed by atoms with Crippen molar-refractivity contribution >= 4 is 27.4 Å². The lowest BCUT2D eigenvalue weighted by Crippen LogP contribution is -2.19. The number of anilines is 1. The first kappa shape index (κ1) is 11.9. The van der Waals surface area contributed by atoms with Gasteiger partial charge in [-0.25, -0.2) is 9.97 Å². The lowest BCUT2D eigenvalue weighted by molar-refractivity contribution is 0.120. The molecule has 3 heterocycles. The van der Waals surface area contributed by atoms with Crippen LogP contribution in [0, 0.1) is 13.8 Å². The van der Waals surface area contributed by atoms with Crippen LogP contribution in [0.5, 0.6) is 0 Å². The van der Waals surface area contributed by atoms with Gasteiger partial charge in [-0.2, -0.15) is 0 Å². The Morgan fingerprint density at radius 2 is 2.33 bits per heavy atom. The minimum atomic E-state index is 0.329. The fourth-order valence-corrected chi connectivity index (χ4v) is 3.33. The van der Waals surface area contributed by atoms with E-state index in [1.165, 1.54) is 16.9 Å². The maximum absolute atomic E-state index is 5.62. The fourth-order valence-electron chi connectivity index (χ4n) is 2.33. The van der Waals surface area contributed by atoms with Crippen LogP contribution in [0.4, 0.5) is 5.82 Å². The molecule has 1 aliphatic heterocycles. The van der Waals surface area contributed by atoms with Gasteiger partial charge in [-0.1, -0.05) is 0 Å². The number of aryl methyl sites for hydroxylation is 2. The Hall–Kier alpha value is -1.20. The molecule has 4 nitrogen and oxygen atoms in total. The van der Waals surface area contributed by atoms with Crippen LogP contribution in [0.1, 0.15) is 23.3 Å². The second kappa shape index (κ2) is 4.82. The van der Waals surface area contributed by atoms with E-state index >= 15 is 0 Å². The Balaban J connectivity index is 1.86. The highest BCUT2D eigenvalue weighted by Gasteiger charge is 2.17. The number of ether oxygens (including phenoxy) is 1. The zero-order valence-electron chi connectivity index (χ0n) is 10.7. The Morgan fingerprint density at radius 1 is 1.44 bits per heavy atom. The molecule has 1 N–H and O–H groups in total. The Morgan fingerprint density at radius 3 is 3.11 bits per heavy atom. The SMILES string of the molecule is Cc1sc2ncnc(NC[C@@H]3CCCO3)c2c1C. The molecule has 2 aromatic heterocycles. The molecular weight excluding hydrogens is 246 g/mol. The lowest BCUT2D eigenvalue weighted by Gasteiger charge is -2.12. The first-order valence-corrected chi connectivity index (χ1v) is 7.13. The van der Waals surface area contributed by atoms with E-state index in [2.05, 4.69) is 29.1 Å². The molecule has 0 saturated carbocycles. The number of thiophene rings is 1. The summed E-state index contributed by atoms with van der Waals surface area (Å²) in [6, 6.07) is 0. The van der Waals surface area contributed by atoms with Crippen molar-refractivity contribution in [2.75, 3.05) is 18.5 Å². The summed E-state index contributed by atoms with van der Waals surface area (Å²) in [7, 11) is 0. The van der Waals surface area contributed by atoms with Gasteiger partial charge in [-0.3, -0.25) is 0 Å². The molecule has 0 aliphatic carbocycles. The Kier molecular flexibility index (Phi) is 3.18. The molecule has 0 unspecified atom stereocenters. The van der Waals surface area contributed by atoms with Crippen LogP contribution >= 0.6 is 11.3 Å². The topological polar surface area (TPSA) is 47.0 Å². The summed E-state index contributed by atoms with van der Waals surface area (Å²) in [6.45, 7) is 5.99. The quantitative estimate of drug-likeness (QED) is 0.925. The maximum atomic E-state index is 5.62. The van der Waals surface area contributed by atoms with E-state index in [0.717, 1.165) is 35.6 Å². The van der Waals surface area contributed by atoms with Crippen molar-refractivity contribution in [3.05, 3.63) is 16.8 Å². The number of nitrogens with one attached hydrogen (secondary N) is 1. The third-order valence-corrected chi connectivity index (χ3v) is 4.60. The van der Waals surface area contributed by atoms with Crippen molar-refractivity contribution < 1.29 is 4.74 Å². The number of hydrogen-bond donors (Lipinski definition) is 1. The van der Waals surface area contributed by atoms with E-state index in [0.29, 0.717) is 6.10 Å². The van der Waals surface area contributed by atoms with Crippen LogP contribution in [-0.4, -0.2) is 29.2 Å². The van der Waals surface area contributed by atoms with Crippen LogP contribution in [0.15, 0.2) is 6.33 Å². The van der Waals surface area contributed by atoms with Gasteiger partial charge in [0.1, 0.15) is 17.0 Å². The Labute approximate surface area is 110 Å². The fraction of sp³-hybridized carbons (Fsp3) is 0.538. The van der Waals surface area contributed by atoms with E-state index in [9.17, 15) is 0 Å². The van der Waals surface area contributed by atoms with Gasteiger partial charge in [0.2, 0.25) is 0 Å². The monoisotopic (exact) mass is 263 g/mol. The average molecular weight is 263 g/mol. The molecule has 5 heteroatoms. The summed E-state index contributed by atoms with van der Waals surface area (Å²) in [5.74, 6) is 0.942. The molecule has 0 aromatic carbocycles. The molecule has 0 bridgehead atoms. The zero-order chi connectivity index (χ0) is 12.5. The number of nitrogens with zero attached hydrogens (tertiary/aromatic N) is 2. The van der Waals surface area contributed by atoms with Gasteiger partial charge in [0.15, 0.2) is 0 Å². The van der Waals surface area contributed by atoms with Crippen molar-refractivity contribution in [2.45, 2.75) is 32.8 Å². The minimum absolute atomic E-state index is 0.329.